The lowest BCUT2D eigenvalue weighted by Crippen LogP contribution is -2.26. The lowest BCUT2D eigenvalue weighted by molar-refractivity contribution is -0.162. The Labute approximate surface area is 208 Å². The lowest BCUT2D eigenvalue weighted by Gasteiger charge is -2.23. The smallest absolute Gasteiger partial charge is 0.397 e. The second-order valence-electron chi connectivity index (χ2n) is 8.94. The third kappa shape index (κ3) is 10.0. The van der Waals surface area contributed by atoms with Crippen LogP contribution in [-0.4, -0.2) is 32.0 Å². The maximum absolute atomic E-state index is 13.8. The van der Waals surface area contributed by atoms with E-state index >= 15 is 0 Å². The molecule has 0 radical (unpaired) electrons. The highest BCUT2D eigenvalue weighted by atomic mass is 19.4. The van der Waals surface area contributed by atoms with Gasteiger partial charge in [0.15, 0.2) is 0 Å². The Hall–Kier alpha value is -2.34. The molecule has 3 nitrogen and oxygen atoms in total. The van der Waals surface area contributed by atoms with E-state index in [0.29, 0.717) is 29.7 Å². The van der Waals surface area contributed by atoms with Gasteiger partial charge in [-0.2, -0.15) is 13.2 Å². The zero-order chi connectivity index (χ0) is 25.5. The standard InChI is InChI=1S/C29H39F3O3/c1-3-5-6-7-8-9-10-13-21-35-28(33)24-18-16-23(17-19-24)25-14-11-12-15-26(25)27(29(30,31)32)22-34-20-4-2/h11-12,14-19,27H,3-10,13,20-22H2,1-2H3. The molecule has 0 spiro atoms. The maximum Gasteiger partial charge on any atom is 0.397 e. The van der Waals surface area contributed by atoms with Crippen molar-refractivity contribution in [3.8, 4) is 11.1 Å². The lowest BCUT2D eigenvalue weighted by atomic mass is 9.90. The SMILES string of the molecule is CCCCCCCCCCOC(=O)c1ccc(-c2ccccc2C(COCCC)C(F)(F)F)cc1. The van der Waals surface area contributed by atoms with E-state index in [2.05, 4.69) is 6.92 Å². The number of unbranched alkanes of at least 4 members (excludes halogenated alkanes) is 7. The van der Waals surface area contributed by atoms with Gasteiger partial charge in [0.1, 0.15) is 5.92 Å². The van der Waals surface area contributed by atoms with E-state index in [1.807, 2.05) is 6.92 Å². The summed E-state index contributed by atoms with van der Waals surface area (Å²) in [5, 5.41) is 0. The van der Waals surface area contributed by atoms with Crippen molar-refractivity contribution in [1.29, 1.82) is 0 Å². The van der Waals surface area contributed by atoms with Crippen LogP contribution in [-0.2, 0) is 9.47 Å². The van der Waals surface area contributed by atoms with Crippen LogP contribution in [0.3, 0.4) is 0 Å². The zero-order valence-electron chi connectivity index (χ0n) is 21.0. The predicted octanol–water partition coefficient (Wildman–Crippen LogP) is 8.72. The molecule has 0 saturated carbocycles. The van der Waals surface area contributed by atoms with Gasteiger partial charge in [-0.25, -0.2) is 4.79 Å². The largest absolute Gasteiger partial charge is 0.462 e. The highest BCUT2D eigenvalue weighted by Gasteiger charge is 2.42. The fourth-order valence-electron chi connectivity index (χ4n) is 4.04. The molecule has 1 atom stereocenters. The Balaban J connectivity index is 1.96. The van der Waals surface area contributed by atoms with Crippen molar-refractivity contribution in [1.82, 2.24) is 0 Å². The van der Waals surface area contributed by atoms with Gasteiger partial charge in [0.2, 0.25) is 0 Å². The Morgan fingerprint density at radius 2 is 1.43 bits per heavy atom. The molecule has 0 fully saturated rings. The van der Waals surface area contributed by atoms with Crippen LogP contribution in [0.5, 0.6) is 0 Å². The maximum atomic E-state index is 13.8. The van der Waals surface area contributed by atoms with Crippen molar-refractivity contribution >= 4 is 5.97 Å². The first-order chi connectivity index (χ1) is 16.9. The molecule has 0 saturated heterocycles. The first-order valence-corrected chi connectivity index (χ1v) is 12.9. The normalized spacial score (nSPS) is 12.5. The fourth-order valence-corrected chi connectivity index (χ4v) is 4.04. The Morgan fingerprint density at radius 1 is 0.800 bits per heavy atom. The molecular formula is C29H39F3O3. The molecule has 0 aliphatic rings. The molecule has 194 valence electrons. The van der Waals surface area contributed by atoms with Crippen LogP contribution in [0.4, 0.5) is 13.2 Å². The summed E-state index contributed by atoms with van der Waals surface area (Å²) in [5.74, 6) is -2.13. The van der Waals surface area contributed by atoms with Gasteiger partial charge in [-0.05, 0) is 41.7 Å². The Morgan fingerprint density at radius 3 is 2.06 bits per heavy atom. The molecule has 35 heavy (non-hydrogen) atoms. The topological polar surface area (TPSA) is 35.5 Å². The quantitative estimate of drug-likeness (QED) is 0.174. The van der Waals surface area contributed by atoms with Crippen molar-refractivity contribution in [2.45, 2.75) is 83.7 Å². The van der Waals surface area contributed by atoms with Gasteiger partial charge in [0.05, 0.1) is 18.8 Å². The number of ether oxygens (including phenoxy) is 2. The average Bonchev–Trinajstić information content (AvgIpc) is 2.85. The number of alkyl halides is 3. The Bertz CT molecular complexity index is 862. The minimum atomic E-state index is -4.43. The molecule has 1 unspecified atom stereocenters. The van der Waals surface area contributed by atoms with E-state index in [-0.39, 0.29) is 12.2 Å². The second-order valence-corrected chi connectivity index (χ2v) is 8.94. The first-order valence-electron chi connectivity index (χ1n) is 12.9. The van der Waals surface area contributed by atoms with E-state index in [0.717, 1.165) is 19.3 Å². The zero-order valence-corrected chi connectivity index (χ0v) is 21.0. The van der Waals surface area contributed by atoms with Gasteiger partial charge in [-0.3, -0.25) is 0 Å². The number of hydrogen-bond donors (Lipinski definition) is 0. The van der Waals surface area contributed by atoms with E-state index in [1.54, 1.807) is 42.5 Å². The summed E-state index contributed by atoms with van der Waals surface area (Å²) < 4.78 is 52.1. The monoisotopic (exact) mass is 492 g/mol. The van der Waals surface area contributed by atoms with Crippen molar-refractivity contribution < 1.29 is 27.4 Å². The van der Waals surface area contributed by atoms with E-state index in [9.17, 15) is 18.0 Å². The number of halogens is 3. The van der Waals surface area contributed by atoms with Crippen LogP contribution in [0.2, 0.25) is 0 Å². The minimum Gasteiger partial charge on any atom is -0.462 e. The molecule has 2 aromatic rings. The molecule has 2 rings (SSSR count). The number of carbonyl (C=O) groups excluding carboxylic acids is 1. The number of carbonyl (C=O) groups is 1. The highest BCUT2D eigenvalue weighted by Crippen LogP contribution is 2.39. The van der Waals surface area contributed by atoms with Crippen LogP contribution in [0.15, 0.2) is 48.5 Å². The van der Waals surface area contributed by atoms with E-state index in [4.69, 9.17) is 9.47 Å². The predicted molar refractivity (Wildman–Crippen MR) is 135 cm³/mol. The summed E-state index contributed by atoms with van der Waals surface area (Å²) in [6, 6.07) is 13.0. The summed E-state index contributed by atoms with van der Waals surface area (Å²) in [5.41, 5.74) is 1.66. The van der Waals surface area contributed by atoms with Crippen LogP contribution in [0.25, 0.3) is 11.1 Å². The second kappa shape index (κ2) is 15.6. The molecule has 6 heteroatoms. The van der Waals surface area contributed by atoms with E-state index in [1.165, 1.54) is 38.2 Å². The van der Waals surface area contributed by atoms with Gasteiger partial charge in [-0.15, -0.1) is 0 Å². The van der Waals surface area contributed by atoms with Crippen LogP contribution in [0.1, 0.15) is 93.5 Å². The first kappa shape index (κ1) is 28.9. The summed E-state index contributed by atoms with van der Waals surface area (Å²) in [6.07, 6.45) is 5.56. The number of esters is 1. The molecule has 0 bridgehead atoms. The van der Waals surface area contributed by atoms with Crippen molar-refractivity contribution in [2.24, 2.45) is 0 Å². The average molecular weight is 493 g/mol. The van der Waals surface area contributed by atoms with Gasteiger partial charge < -0.3 is 9.47 Å². The molecule has 2 aromatic carbocycles. The molecule has 0 amide bonds. The molecule has 0 aliphatic heterocycles. The van der Waals surface area contributed by atoms with Gasteiger partial charge >= 0.3 is 12.1 Å². The molecule has 0 N–H and O–H groups in total. The summed E-state index contributed by atoms with van der Waals surface area (Å²) in [6.45, 7) is 4.30. The molecular weight excluding hydrogens is 453 g/mol. The fraction of sp³-hybridized carbons (Fsp3) is 0.552. The summed E-state index contributed by atoms with van der Waals surface area (Å²) in [7, 11) is 0. The molecule has 0 aromatic heterocycles. The van der Waals surface area contributed by atoms with Crippen molar-refractivity contribution in [3.05, 3.63) is 59.7 Å². The van der Waals surface area contributed by atoms with Crippen molar-refractivity contribution in [2.75, 3.05) is 19.8 Å². The summed E-state index contributed by atoms with van der Waals surface area (Å²) in [4.78, 5) is 12.4. The Kier molecular flexibility index (Phi) is 12.9. The number of benzene rings is 2. The van der Waals surface area contributed by atoms with Crippen LogP contribution >= 0.6 is 0 Å². The molecule has 0 heterocycles. The third-order valence-electron chi connectivity index (χ3n) is 6.03. The highest BCUT2D eigenvalue weighted by molar-refractivity contribution is 5.90. The third-order valence-corrected chi connectivity index (χ3v) is 6.03. The van der Waals surface area contributed by atoms with Gasteiger partial charge in [0, 0.05) is 6.61 Å². The molecule has 0 aliphatic carbocycles. The minimum absolute atomic E-state index is 0.168. The van der Waals surface area contributed by atoms with Crippen LogP contribution < -0.4 is 0 Å². The number of hydrogen-bond acceptors (Lipinski definition) is 3. The van der Waals surface area contributed by atoms with Crippen molar-refractivity contribution in [3.63, 3.8) is 0 Å². The van der Waals surface area contributed by atoms with E-state index < -0.39 is 24.7 Å². The van der Waals surface area contributed by atoms with Gasteiger partial charge in [0.25, 0.3) is 0 Å². The van der Waals surface area contributed by atoms with Crippen LogP contribution in [0, 0.1) is 0 Å². The number of rotatable bonds is 16. The summed E-state index contributed by atoms with van der Waals surface area (Å²) >= 11 is 0. The van der Waals surface area contributed by atoms with Gasteiger partial charge in [-0.1, -0.05) is 95.2 Å².